The van der Waals surface area contributed by atoms with Crippen LogP contribution in [0.15, 0.2) is 83.4 Å². The number of hydrogen-bond donors (Lipinski definition) is 1. The molecular formula is C25H18FN3O3S. The third-order valence-electron chi connectivity index (χ3n) is 5.78. The van der Waals surface area contributed by atoms with Gasteiger partial charge < -0.3 is 24.1 Å². The van der Waals surface area contributed by atoms with E-state index in [4.69, 9.17) is 26.1 Å². The zero-order valence-electron chi connectivity index (χ0n) is 17.3. The van der Waals surface area contributed by atoms with Crippen molar-refractivity contribution < 1.29 is 18.3 Å². The second-order valence-corrected chi connectivity index (χ2v) is 8.13. The van der Waals surface area contributed by atoms with Crippen LogP contribution < -0.4 is 19.7 Å². The smallest absolute Gasteiger partial charge is 0.231 e. The van der Waals surface area contributed by atoms with Crippen molar-refractivity contribution >= 4 is 23.0 Å². The molecule has 33 heavy (non-hydrogen) atoms. The van der Waals surface area contributed by atoms with E-state index in [2.05, 4.69) is 10.3 Å². The van der Waals surface area contributed by atoms with Crippen LogP contribution in [0.3, 0.4) is 0 Å². The summed E-state index contributed by atoms with van der Waals surface area (Å²) < 4.78 is 30.7. The Bertz CT molecular complexity index is 1330. The average Bonchev–Trinajstić information content (AvgIpc) is 3.58. The Labute approximate surface area is 194 Å². The SMILES string of the molecule is Fc1ccc(-c2ccc([C@@H]3[C@H](c4ccccn4)NC(=S)N3c3ccc4c(c3)OCO4)o2)cc1. The monoisotopic (exact) mass is 459 g/mol. The first-order valence-corrected chi connectivity index (χ1v) is 10.8. The molecule has 0 aliphatic carbocycles. The largest absolute Gasteiger partial charge is 0.459 e. The molecule has 2 aromatic carbocycles. The van der Waals surface area contributed by atoms with Gasteiger partial charge in [-0.15, -0.1) is 0 Å². The highest BCUT2D eigenvalue weighted by Gasteiger charge is 2.43. The van der Waals surface area contributed by atoms with E-state index >= 15 is 0 Å². The number of nitrogens with zero attached hydrogens (tertiary/aromatic N) is 2. The van der Waals surface area contributed by atoms with Crippen LogP contribution in [0.5, 0.6) is 11.5 Å². The fourth-order valence-electron chi connectivity index (χ4n) is 4.24. The number of anilines is 1. The summed E-state index contributed by atoms with van der Waals surface area (Å²) in [6.07, 6.45) is 1.76. The number of benzene rings is 2. The molecule has 6 nitrogen and oxygen atoms in total. The topological polar surface area (TPSA) is 59.8 Å². The Morgan fingerprint density at radius 3 is 2.64 bits per heavy atom. The van der Waals surface area contributed by atoms with Crippen LogP contribution in [0.25, 0.3) is 11.3 Å². The van der Waals surface area contributed by atoms with Crippen LogP contribution in [0.4, 0.5) is 10.1 Å². The van der Waals surface area contributed by atoms with Gasteiger partial charge in [0.25, 0.3) is 0 Å². The number of rotatable bonds is 4. The van der Waals surface area contributed by atoms with E-state index in [-0.39, 0.29) is 24.7 Å². The number of fused-ring (bicyclic) bond motifs is 1. The highest BCUT2D eigenvalue weighted by atomic mass is 32.1. The molecule has 6 rings (SSSR count). The lowest BCUT2D eigenvalue weighted by Gasteiger charge is -2.26. The van der Waals surface area contributed by atoms with Gasteiger partial charge in [0.2, 0.25) is 6.79 Å². The van der Waals surface area contributed by atoms with Gasteiger partial charge in [-0.3, -0.25) is 4.98 Å². The third kappa shape index (κ3) is 3.48. The predicted octanol–water partition coefficient (Wildman–Crippen LogP) is 5.39. The normalized spacial score (nSPS) is 19.1. The number of hydrogen-bond acceptors (Lipinski definition) is 5. The first kappa shape index (κ1) is 19.8. The van der Waals surface area contributed by atoms with Gasteiger partial charge in [0.05, 0.1) is 11.7 Å². The molecule has 1 saturated heterocycles. The number of aromatic nitrogens is 1. The third-order valence-corrected chi connectivity index (χ3v) is 6.09. The Morgan fingerprint density at radius 2 is 1.82 bits per heavy atom. The zero-order chi connectivity index (χ0) is 22.4. The highest BCUT2D eigenvalue weighted by Crippen LogP contribution is 2.45. The van der Waals surface area contributed by atoms with E-state index in [9.17, 15) is 4.39 Å². The standard InChI is InChI=1S/C25H18FN3O3S/c26-16-6-4-15(5-7-16)19-10-11-21(32-19)24-23(18-3-1-2-12-27-18)28-25(33)29(24)17-8-9-20-22(13-17)31-14-30-20/h1-13,23-24H,14H2,(H,28,33)/t23-,24+/m0/s1. The summed E-state index contributed by atoms with van der Waals surface area (Å²) in [5.74, 6) is 2.43. The van der Waals surface area contributed by atoms with E-state index in [0.29, 0.717) is 28.1 Å². The summed E-state index contributed by atoms with van der Waals surface area (Å²) in [7, 11) is 0. The molecule has 0 amide bonds. The first-order chi connectivity index (χ1) is 16.2. The van der Waals surface area contributed by atoms with E-state index in [0.717, 1.165) is 16.9 Å². The van der Waals surface area contributed by atoms with Crippen molar-refractivity contribution in [1.29, 1.82) is 0 Å². The molecule has 1 fully saturated rings. The highest BCUT2D eigenvalue weighted by molar-refractivity contribution is 7.80. The van der Waals surface area contributed by atoms with Crippen molar-refractivity contribution in [2.45, 2.75) is 12.1 Å². The Hall–Kier alpha value is -3.91. The molecule has 0 radical (unpaired) electrons. The molecular weight excluding hydrogens is 441 g/mol. The molecule has 2 aliphatic heterocycles. The van der Waals surface area contributed by atoms with Gasteiger partial charge in [0, 0.05) is 23.5 Å². The fourth-order valence-corrected chi connectivity index (χ4v) is 4.58. The van der Waals surface area contributed by atoms with Gasteiger partial charge in [0.15, 0.2) is 16.6 Å². The van der Waals surface area contributed by atoms with E-state index in [1.54, 1.807) is 18.3 Å². The first-order valence-electron chi connectivity index (χ1n) is 10.4. The minimum atomic E-state index is -0.304. The van der Waals surface area contributed by atoms with Gasteiger partial charge in [0.1, 0.15) is 23.4 Å². The molecule has 1 N–H and O–H groups in total. The second kappa shape index (κ2) is 7.90. The number of pyridine rings is 1. The maximum absolute atomic E-state index is 13.4. The van der Waals surface area contributed by atoms with Crippen molar-refractivity contribution in [2.24, 2.45) is 0 Å². The molecule has 164 valence electrons. The van der Waals surface area contributed by atoms with Gasteiger partial charge in [-0.25, -0.2) is 4.39 Å². The average molecular weight is 460 g/mol. The van der Waals surface area contributed by atoms with E-state index in [1.165, 1.54) is 12.1 Å². The van der Waals surface area contributed by atoms with Crippen LogP contribution in [0, 0.1) is 5.82 Å². The maximum Gasteiger partial charge on any atom is 0.231 e. The Kier molecular flexibility index (Phi) is 4.73. The van der Waals surface area contributed by atoms with Crippen LogP contribution in [0.2, 0.25) is 0 Å². The van der Waals surface area contributed by atoms with E-state index in [1.807, 2.05) is 53.4 Å². The zero-order valence-corrected chi connectivity index (χ0v) is 18.1. The lowest BCUT2D eigenvalue weighted by atomic mass is 10.0. The molecule has 2 aliphatic rings. The predicted molar refractivity (Wildman–Crippen MR) is 125 cm³/mol. The van der Waals surface area contributed by atoms with Gasteiger partial charge in [-0.05, 0) is 72.9 Å². The molecule has 4 aromatic rings. The lowest BCUT2D eigenvalue weighted by molar-refractivity contribution is 0.174. The number of ether oxygens (including phenoxy) is 2. The number of furan rings is 1. The fraction of sp³-hybridized carbons (Fsp3) is 0.120. The molecule has 0 bridgehead atoms. The van der Waals surface area contributed by atoms with Crippen molar-refractivity contribution in [3.05, 3.63) is 96.3 Å². The molecule has 0 spiro atoms. The summed E-state index contributed by atoms with van der Waals surface area (Å²) >= 11 is 5.75. The minimum absolute atomic E-state index is 0.195. The van der Waals surface area contributed by atoms with Crippen LogP contribution in [0.1, 0.15) is 23.5 Å². The minimum Gasteiger partial charge on any atom is -0.459 e. The molecule has 4 heterocycles. The van der Waals surface area contributed by atoms with Crippen molar-refractivity contribution in [3.8, 4) is 22.8 Å². The van der Waals surface area contributed by atoms with Crippen LogP contribution >= 0.6 is 12.2 Å². The number of nitrogens with one attached hydrogen (secondary N) is 1. The molecule has 0 unspecified atom stereocenters. The quantitative estimate of drug-likeness (QED) is 0.411. The molecule has 2 aromatic heterocycles. The van der Waals surface area contributed by atoms with Crippen molar-refractivity contribution in [3.63, 3.8) is 0 Å². The van der Waals surface area contributed by atoms with Gasteiger partial charge in [-0.1, -0.05) is 6.07 Å². The summed E-state index contributed by atoms with van der Waals surface area (Å²) in [6.45, 7) is 0.195. The summed E-state index contributed by atoms with van der Waals surface area (Å²) in [4.78, 5) is 6.56. The van der Waals surface area contributed by atoms with Crippen molar-refractivity contribution in [2.75, 3.05) is 11.7 Å². The summed E-state index contributed by atoms with van der Waals surface area (Å²) in [6, 6.07) is 21.0. The van der Waals surface area contributed by atoms with Crippen molar-refractivity contribution in [1.82, 2.24) is 10.3 Å². The Balaban J connectivity index is 1.44. The molecule has 8 heteroatoms. The van der Waals surface area contributed by atoms with Gasteiger partial charge >= 0.3 is 0 Å². The van der Waals surface area contributed by atoms with Gasteiger partial charge in [-0.2, -0.15) is 0 Å². The van der Waals surface area contributed by atoms with Crippen LogP contribution in [-0.2, 0) is 0 Å². The molecule has 0 saturated carbocycles. The van der Waals surface area contributed by atoms with E-state index < -0.39 is 0 Å². The van der Waals surface area contributed by atoms with Crippen LogP contribution in [-0.4, -0.2) is 16.9 Å². The second-order valence-electron chi connectivity index (χ2n) is 7.74. The Morgan fingerprint density at radius 1 is 0.970 bits per heavy atom. The molecule has 2 atom stereocenters. The summed E-state index contributed by atoms with van der Waals surface area (Å²) in [5.41, 5.74) is 2.48. The lowest BCUT2D eigenvalue weighted by Crippen LogP contribution is -2.29. The summed E-state index contributed by atoms with van der Waals surface area (Å²) in [5, 5.41) is 3.95. The maximum atomic E-state index is 13.4. The number of thiocarbonyl (C=S) groups is 1. The number of halogens is 1.